The predicted octanol–water partition coefficient (Wildman–Crippen LogP) is 0.300. The van der Waals surface area contributed by atoms with E-state index in [2.05, 4.69) is 11.9 Å². The molecule has 0 radical (unpaired) electrons. The van der Waals surface area contributed by atoms with Crippen LogP contribution in [0, 0.1) is 0 Å². The zero-order valence-corrected chi connectivity index (χ0v) is 12.8. The topological polar surface area (TPSA) is 105 Å². The van der Waals surface area contributed by atoms with Crippen LogP contribution >= 0.6 is 0 Å². The minimum absolute atomic E-state index is 0.215. The summed E-state index contributed by atoms with van der Waals surface area (Å²) in [5.74, 6) is 0. The maximum atomic E-state index is 11.9. The van der Waals surface area contributed by atoms with Crippen LogP contribution in [0.1, 0.15) is 50.8 Å². The van der Waals surface area contributed by atoms with Gasteiger partial charge in [0.05, 0.1) is 12.7 Å². The highest BCUT2D eigenvalue weighted by atomic mass is 16.5. The molecule has 0 spiro atoms. The average Bonchev–Trinajstić information content (AvgIpc) is 2.86. The van der Waals surface area contributed by atoms with Gasteiger partial charge in [0.1, 0.15) is 12.3 Å². The summed E-state index contributed by atoms with van der Waals surface area (Å²) in [6.45, 7) is 1.81. The number of hydrogen-bond donors (Lipinski definition) is 3. The Bertz CT molecular complexity index is 594. The number of H-pyrrole nitrogens is 1. The second-order valence-electron chi connectivity index (χ2n) is 5.75. The predicted molar refractivity (Wildman–Crippen MR) is 80.8 cm³/mol. The monoisotopic (exact) mass is 312 g/mol. The zero-order chi connectivity index (χ0) is 16.1. The number of aliphatic hydroxyl groups is 2. The third-order valence-corrected chi connectivity index (χ3v) is 4.04. The Balaban J connectivity index is 2.15. The lowest BCUT2D eigenvalue weighted by atomic mass is 10.1. The van der Waals surface area contributed by atoms with Gasteiger partial charge in [-0.1, -0.05) is 26.2 Å². The van der Waals surface area contributed by atoms with E-state index in [4.69, 9.17) is 9.84 Å². The number of nitrogens with one attached hydrogen (secondary N) is 1. The van der Waals surface area contributed by atoms with E-state index in [-0.39, 0.29) is 18.6 Å². The third-order valence-electron chi connectivity index (χ3n) is 4.04. The number of aryl methyl sites for hydroxylation is 1. The van der Waals surface area contributed by atoms with Crippen molar-refractivity contribution in [1.82, 2.24) is 9.55 Å². The summed E-state index contributed by atoms with van der Waals surface area (Å²) in [5, 5.41) is 18.9. The molecule has 1 aromatic heterocycles. The number of unbranched alkanes of at least 4 members (excludes halogenated alkanes) is 3. The third kappa shape index (κ3) is 3.85. The van der Waals surface area contributed by atoms with E-state index in [1.807, 2.05) is 0 Å². The molecule has 3 atom stereocenters. The van der Waals surface area contributed by atoms with Crippen molar-refractivity contribution in [2.45, 2.75) is 63.9 Å². The smallest absolute Gasteiger partial charge is 0.330 e. The van der Waals surface area contributed by atoms with Crippen LogP contribution in [0.3, 0.4) is 0 Å². The van der Waals surface area contributed by atoms with Gasteiger partial charge < -0.3 is 14.9 Å². The van der Waals surface area contributed by atoms with Crippen LogP contribution in [0.2, 0.25) is 0 Å². The molecular formula is C15H24N2O5. The lowest BCUT2D eigenvalue weighted by Gasteiger charge is -2.15. The minimum Gasteiger partial charge on any atom is -0.394 e. The number of rotatable bonds is 7. The highest BCUT2D eigenvalue weighted by Crippen LogP contribution is 2.27. The fourth-order valence-corrected chi connectivity index (χ4v) is 2.71. The van der Waals surface area contributed by atoms with Gasteiger partial charge in [0, 0.05) is 18.2 Å². The maximum Gasteiger partial charge on any atom is 0.330 e. The Morgan fingerprint density at radius 1 is 1.36 bits per heavy atom. The number of aromatic nitrogens is 2. The molecule has 0 saturated carbocycles. The normalized spacial score (nSPS) is 24.8. The molecule has 7 nitrogen and oxygen atoms in total. The molecule has 1 aliphatic heterocycles. The summed E-state index contributed by atoms with van der Waals surface area (Å²) in [6.07, 6.45) is 4.33. The lowest BCUT2D eigenvalue weighted by Crippen LogP contribution is -2.34. The highest BCUT2D eigenvalue weighted by molar-refractivity contribution is 5.05. The molecule has 0 bridgehead atoms. The quantitative estimate of drug-likeness (QED) is 0.628. The number of hydrogen-bond acceptors (Lipinski definition) is 5. The Hall–Kier alpha value is -1.44. The molecule has 1 fully saturated rings. The molecule has 0 amide bonds. The van der Waals surface area contributed by atoms with Gasteiger partial charge >= 0.3 is 5.69 Å². The van der Waals surface area contributed by atoms with Crippen LogP contribution in [-0.4, -0.2) is 38.6 Å². The van der Waals surface area contributed by atoms with Gasteiger partial charge in [-0.2, -0.15) is 0 Å². The fraction of sp³-hybridized carbons (Fsp3) is 0.733. The van der Waals surface area contributed by atoms with E-state index in [0.717, 1.165) is 25.7 Å². The summed E-state index contributed by atoms with van der Waals surface area (Å²) in [6, 6.07) is 0. The summed E-state index contributed by atoms with van der Waals surface area (Å²) < 4.78 is 6.77. The molecule has 2 rings (SSSR count). The Labute approximate surface area is 128 Å². The number of aliphatic hydroxyl groups excluding tert-OH is 2. The van der Waals surface area contributed by atoms with E-state index in [0.29, 0.717) is 12.0 Å². The number of aromatic amines is 1. The lowest BCUT2D eigenvalue weighted by molar-refractivity contribution is -0.0460. The highest BCUT2D eigenvalue weighted by Gasteiger charge is 2.35. The van der Waals surface area contributed by atoms with Crippen LogP contribution in [-0.2, 0) is 11.2 Å². The van der Waals surface area contributed by atoms with Crippen molar-refractivity contribution in [1.29, 1.82) is 0 Å². The van der Waals surface area contributed by atoms with Gasteiger partial charge in [-0.25, -0.2) is 4.79 Å². The first-order valence-electron chi connectivity index (χ1n) is 7.85. The van der Waals surface area contributed by atoms with Gasteiger partial charge in [-0.15, -0.1) is 0 Å². The van der Waals surface area contributed by atoms with Crippen molar-refractivity contribution in [2.24, 2.45) is 0 Å². The van der Waals surface area contributed by atoms with Crippen LogP contribution in [0.25, 0.3) is 0 Å². The van der Waals surface area contributed by atoms with Gasteiger partial charge in [0.15, 0.2) is 0 Å². The molecule has 1 aromatic rings. The minimum atomic E-state index is -0.818. The second kappa shape index (κ2) is 7.71. The van der Waals surface area contributed by atoms with Gasteiger partial charge in [-0.05, 0) is 12.8 Å². The van der Waals surface area contributed by atoms with Crippen molar-refractivity contribution in [2.75, 3.05) is 6.61 Å². The Morgan fingerprint density at radius 3 is 2.77 bits per heavy atom. The molecule has 1 aliphatic rings. The summed E-state index contributed by atoms with van der Waals surface area (Å²) in [4.78, 5) is 26.1. The Kier molecular flexibility index (Phi) is 5.93. The van der Waals surface area contributed by atoms with Crippen molar-refractivity contribution in [3.63, 3.8) is 0 Å². The number of nitrogens with zero attached hydrogens (tertiary/aromatic N) is 1. The first-order chi connectivity index (χ1) is 10.6. The van der Waals surface area contributed by atoms with Crippen molar-refractivity contribution in [3.05, 3.63) is 32.6 Å². The molecule has 0 aliphatic carbocycles. The van der Waals surface area contributed by atoms with Crippen LogP contribution in [0.5, 0.6) is 0 Å². The first kappa shape index (κ1) is 16.9. The van der Waals surface area contributed by atoms with Crippen LogP contribution < -0.4 is 11.2 Å². The Morgan fingerprint density at radius 2 is 2.14 bits per heavy atom. The van der Waals surface area contributed by atoms with Gasteiger partial charge in [-0.3, -0.25) is 14.3 Å². The van der Waals surface area contributed by atoms with E-state index in [1.54, 1.807) is 0 Å². The summed E-state index contributed by atoms with van der Waals surface area (Å²) in [5.41, 5.74) is -0.380. The van der Waals surface area contributed by atoms with E-state index < -0.39 is 24.1 Å². The standard InChI is InChI=1S/C15H24N2O5/c1-2-3-4-5-6-10-8-17(15(21)16-14(10)20)13-7-11(19)12(9-18)22-13/h8,11-13,18-19H,2-7,9H2,1H3,(H,16,20,21)/t11-,12+,13?/m0/s1. The van der Waals surface area contributed by atoms with Gasteiger partial charge in [0.2, 0.25) is 0 Å². The molecule has 1 unspecified atom stereocenters. The van der Waals surface area contributed by atoms with E-state index in [1.165, 1.54) is 10.8 Å². The molecule has 22 heavy (non-hydrogen) atoms. The maximum absolute atomic E-state index is 11.9. The van der Waals surface area contributed by atoms with Crippen molar-refractivity contribution >= 4 is 0 Å². The summed E-state index contributed by atoms with van der Waals surface area (Å²) >= 11 is 0. The molecule has 1 saturated heterocycles. The molecular weight excluding hydrogens is 288 g/mol. The number of ether oxygens (including phenoxy) is 1. The second-order valence-corrected chi connectivity index (χ2v) is 5.75. The molecule has 124 valence electrons. The van der Waals surface area contributed by atoms with E-state index in [9.17, 15) is 14.7 Å². The van der Waals surface area contributed by atoms with Crippen molar-refractivity contribution in [3.8, 4) is 0 Å². The molecule has 2 heterocycles. The molecule has 0 aromatic carbocycles. The first-order valence-corrected chi connectivity index (χ1v) is 7.85. The van der Waals surface area contributed by atoms with Crippen molar-refractivity contribution < 1.29 is 14.9 Å². The van der Waals surface area contributed by atoms with Crippen LogP contribution in [0.4, 0.5) is 0 Å². The van der Waals surface area contributed by atoms with E-state index >= 15 is 0 Å². The van der Waals surface area contributed by atoms with Crippen LogP contribution in [0.15, 0.2) is 15.8 Å². The zero-order valence-electron chi connectivity index (χ0n) is 12.8. The average molecular weight is 312 g/mol. The summed E-state index contributed by atoms with van der Waals surface area (Å²) in [7, 11) is 0. The fourth-order valence-electron chi connectivity index (χ4n) is 2.71. The molecule has 3 N–H and O–H groups in total. The largest absolute Gasteiger partial charge is 0.394 e. The molecule has 7 heteroatoms. The SMILES string of the molecule is CCCCCCc1cn(C2C[C@H](O)[C@@H](CO)O2)c(=O)[nH]c1=O. The van der Waals surface area contributed by atoms with Gasteiger partial charge in [0.25, 0.3) is 5.56 Å².